The van der Waals surface area contributed by atoms with Gasteiger partial charge in [0.15, 0.2) is 0 Å². The third kappa shape index (κ3) is 5.38. The number of aliphatic hydroxyl groups is 1. The summed E-state index contributed by atoms with van der Waals surface area (Å²) in [7, 11) is 0. The molecule has 7 nitrogen and oxygen atoms in total. The predicted molar refractivity (Wildman–Crippen MR) is 120 cm³/mol. The van der Waals surface area contributed by atoms with E-state index in [1.807, 2.05) is 48.5 Å². The van der Waals surface area contributed by atoms with Crippen molar-refractivity contribution in [2.24, 2.45) is 0 Å². The molecular formula is C25H25N3O4. The van der Waals surface area contributed by atoms with Gasteiger partial charge in [0.1, 0.15) is 12.7 Å². The van der Waals surface area contributed by atoms with Gasteiger partial charge in [-0.3, -0.25) is 14.6 Å². The lowest BCUT2D eigenvalue weighted by Gasteiger charge is -2.38. The Hall–Kier alpha value is -3.55. The summed E-state index contributed by atoms with van der Waals surface area (Å²) < 4.78 is 5.41. The monoisotopic (exact) mass is 431 g/mol. The van der Waals surface area contributed by atoms with E-state index in [0.29, 0.717) is 17.8 Å². The van der Waals surface area contributed by atoms with E-state index in [2.05, 4.69) is 10.3 Å². The van der Waals surface area contributed by atoms with E-state index in [0.717, 1.165) is 11.3 Å². The number of rotatable bonds is 7. The number of nitrogens with one attached hydrogen (secondary N) is 1. The Morgan fingerprint density at radius 2 is 1.84 bits per heavy atom. The first kappa shape index (κ1) is 21.7. The first-order valence-electron chi connectivity index (χ1n) is 10.5. The number of hydrogen-bond donors (Lipinski definition) is 2. The van der Waals surface area contributed by atoms with Crippen molar-refractivity contribution < 1.29 is 19.4 Å². The standard InChI is InChI=1S/C25H25N3O4/c29-23(14-18-6-2-1-3-7-18)27-20-11-9-19(10-12-20)25(31)22-16-32-17-24(30)28(22)15-21-8-4-5-13-26-21/h1-13,22,25,31H,14-17H2,(H,27,29)/t22-,25-/m1/s1. The van der Waals surface area contributed by atoms with Crippen molar-refractivity contribution in [3.8, 4) is 0 Å². The van der Waals surface area contributed by atoms with Crippen LogP contribution in [-0.2, 0) is 27.3 Å². The van der Waals surface area contributed by atoms with Crippen molar-refractivity contribution >= 4 is 17.5 Å². The van der Waals surface area contributed by atoms with Crippen molar-refractivity contribution in [3.63, 3.8) is 0 Å². The van der Waals surface area contributed by atoms with Gasteiger partial charge in [0.05, 0.1) is 31.3 Å². The van der Waals surface area contributed by atoms with Crippen LogP contribution in [0.2, 0.25) is 0 Å². The van der Waals surface area contributed by atoms with Crippen molar-refractivity contribution in [1.29, 1.82) is 0 Å². The highest BCUT2D eigenvalue weighted by Gasteiger charge is 2.34. The van der Waals surface area contributed by atoms with E-state index >= 15 is 0 Å². The number of nitrogens with zero attached hydrogens (tertiary/aromatic N) is 2. The number of anilines is 1. The molecule has 4 rings (SSSR count). The Kier molecular flexibility index (Phi) is 6.89. The van der Waals surface area contributed by atoms with Gasteiger partial charge in [-0.15, -0.1) is 0 Å². The SMILES string of the molecule is O=C(Cc1ccccc1)Nc1ccc([C@@H](O)[C@H]2COCC(=O)N2Cc2ccccn2)cc1. The number of pyridine rings is 1. The molecule has 1 fully saturated rings. The Morgan fingerprint density at radius 1 is 1.09 bits per heavy atom. The van der Waals surface area contributed by atoms with E-state index in [9.17, 15) is 14.7 Å². The second-order valence-electron chi connectivity index (χ2n) is 7.70. The number of ether oxygens (including phenoxy) is 1. The van der Waals surface area contributed by atoms with Crippen LogP contribution < -0.4 is 5.32 Å². The average Bonchev–Trinajstić information content (AvgIpc) is 2.82. The van der Waals surface area contributed by atoms with Gasteiger partial charge >= 0.3 is 0 Å². The molecule has 0 bridgehead atoms. The lowest BCUT2D eigenvalue weighted by atomic mass is 9.99. The van der Waals surface area contributed by atoms with Gasteiger partial charge < -0.3 is 20.1 Å². The topological polar surface area (TPSA) is 91.8 Å². The molecule has 7 heteroatoms. The van der Waals surface area contributed by atoms with Gasteiger partial charge in [0.2, 0.25) is 11.8 Å². The second kappa shape index (κ2) is 10.2. The molecular weight excluding hydrogens is 406 g/mol. The van der Waals surface area contributed by atoms with Crippen LogP contribution in [0.15, 0.2) is 79.0 Å². The van der Waals surface area contributed by atoms with E-state index in [1.54, 1.807) is 35.4 Å². The highest BCUT2D eigenvalue weighted by Crippen LogP contribution is 2.26. The molecule has 1 aliphatic heterocycles. The molecule has 2 amide bonds. The maximum Gasteiger partial charge on any atom is 0.249 e. The molecule has 0 radical (unpaired) electrons. The number of carbonyl (C=O) groups is 2. The third-order valence-corrected chi connectivity index (χ3v) is 5.40. The van der Waals surface area contributed by atoms with E-state index in [1.165, 1.54) is 0 Å². The van der Waals surface area contributed by atoms with Crippen molar-refractivity contribution in [1.82, 2.24) is 9.88 Å². The van der Waals surface area contributed by atoms with E-state index in [4.69, 9.17) is 4.74 Å². The van der Waals surface area contributed by atoms with Gasteiger partial charge in [-0.05, 0) is 35.4 Å². The van der Waals surface area contributed by atoms with Crippen LogP contribution >= 0.6 is 0 Å². The van der Waals surface area contributed by atoms with Crippen LogP contribution in [0.4, 0.5) is 5.69 Å². The molecule has 1 aliphatic rings. The molecule has 32 heavy (non-hydrogen) atoms. The average molecular weight is 431 g/mol. The quantitative estimate of drug-likeness (QED) is 0.600. The number of aliphatic hydroxyl groups excluding tert-OH is 1. The first-order valence-corrected chi connectivity index (χ1v) is 10.5. The smallest absolute Gasteiger partial charge is 0.249 e. The molecule has 1 saturated heterocycles. The van der Waals surface area contributed by atoms with Gasteiger partial charge in [-0.25, -0.2) is 0 Å². The number of carbonyl (C=O) groups excluding carboxylic acids is 2. The van der Waals surface area contributed by atoms with Gasteiger partial charge in [0, 0.05) is 11.9 Å². The maximum atomic E-state index is 12.5. The normalized spacial score (nSPS) is 17.1. The van der Waals surface area contributed by atoms with Crippen LogP contribution in [0.25, 0.3) is 0 Å². The summed E-state index contributed by atoms with van der Waals surface area (Å²) >= 11 is 0. The third-order valence-electron chi connectivity index (χ3n) is 5.40. The molecule has 0 unspecified atom stereocenters. The maximum absolute atomic E-state index is 12.5. The Labute approximate surface area is 186 Å². The van der Waals surface area contributed by atoms with Gasteiger partial charge in [-0.1, -0.05) is 48.5 Å². The van der Waals surface area contributed by atoms with Crippen LogP contribution in [0.5, 0.6) is 0 Å². The summed E-state index contributed by atoms with van der Waals surface area (Å²) in [5, 5.41) is 13.9. The van der Waals surface area contributed by atoms with Crippen molar-refractivity contribution in [3.05, 3.63) is 95.8 Å². The number of benzene rings is 2. The summed E-state index contributed by atoms with van der Waals surface area (Å²) in [6, 6.07) is 21.5. The van der Waals surface area contributed by atoms with E-state index in [-0.39, 0.29) is 31.4 Å². The molecule has 0 saturated carbocycles. The number of hydrogen-bond acceptors (Lipinski definition) is 5. The van der Waals surface area contributed by atoms with Gasteiger partial charge in [-0.2, -0.15) is 0 Å². The van der Waals surface area contributed by atoms with Crippen LogP contribution in [0, 0.1) is 0 Å². The minimum absolute atomic E-state index is 0.0115. The number of aromatic nitrogens is 1. The highest BCUT2D eigenvalue weighted by atomic mass is 16.5. The molecule has 2 N–H and O–H groups in total. The molecule has 0 aliphatic carbocycles. The Morgan fingerprint density at radius 3 is 2.56 bits per heavy atom. The molecule has 2 heterocycles. The zero-order chi connectivity index (χ0) is 22.3. The fourth-order valence-electron chi connectivity index (χ4n) is 3.73. The molecule has 2 aromatic carbocycles. The summed E-state index contributed by atoms with van der Waals surface area (Å²) in [5.74, 6) is -0.298. The first-order chi connectivity index (χ1) is 15.6. The zero-order valence-corrected chi connectivity index (χ0v) is 17.6. The minimum atomic E-state index is -0.933. The van der Waals surface area contributed by atoms with Crippen molar-refractivity contribution in [2.45, 2.75) is 25.1 Å². The van der Waals surface area contributed by atoms with Crippen LogP contribution in [0.1, 0.15) is 22.9 Å². The molecule has 0 spiro atoms. The Bertz CT molecular complexity index is 1040. The molecule has 1 aromatic heterocycles. The van der Waals surface area contributed by atoms with E-state index < -0.39 is 12.1 Å². The highest BCUT2D eigenvalue weighted by molar-refractivity contribution is 5.92. The molecule has 2 atom stereocenters. The Balaban J connectivity index is 1.42. The summed E-state index contributed by atoms with van der Waals surface area (Å²) in [4.78, 5) is 30.7. The van der Waals surface area contributed by atoms with Crippen molar-refractivity contribution in [2.75, 3.05) is 18.5 Å². The minimum Gasteiger partial charge on any atom is -0.386 e. The number of morpholine rings is 1. The predicted octanol–water partition coefficient (Wildman–Crippen LogP) is 2.72. The second-order valence-corrected chi connectivity index (χ2v) is 7.70. The van der Waals surface area contributed by atoms with Gasteiger partial charge in [0.25, 0.3) is 0 Å². The zero-order valence-electron chi connectivity index (χ0n) is 17.6. The lowest BCUT2D eigenvalue weighted by Crippen LogP contribution is -2.51. The van der Waals surface area contributed by atoms with Crippen LogP contribution in [-0.4, -0.2) is 46.1 Å². The molecule has 164 valence electrons. The summed E-state index contributed by atoms with van der Waals surface area (Å²) in [6.07, 6.45) is 1.03. The largest absolute Gasteiger partial charge is 0.386 e. The molecule has 3 aromatic rings. The summed E-state index contributed by atoms with van der Waals surface area (Å²) in [6.45, 7) is 0.524. The lowest BCUT2D eigenvalue weighted by molar-refractivity contribution is -0.155. The van der Waals surface area contributed by atoms with Crippen LogP contribution in [0.3, 0.4) is 0 Å². The number of amides is 2. The summed E-state index contributed by atoms with van der Waals surface area (Å²) in [5.41, 5.74) is 2.96. The fourth-order valence-corrected chi connectivity index (χ4v) is 3.73. The fraction of sp³-hybridized carbons (Fsp3) is 0.240.